The standard InChI is InChI=1S/2C27H26P2.Pd/c2*1-5-14-24(15-6-1)28(25-16-7-2-8-17-25)22-13-23-29(26-18-9-3-10-19-26)27-20-11-4-12-21-27;/h2*1-12,14-21H,13,22-23H2;/q;;+2. The zero-order chi connectivity index (χ0) is 39.5. The maximum absolute atomic E-state index is 2.30. The van der Waals surface area contributed by atoms with Crippen molar-refractivity contribution in [1.82, 2.24) is 0 Å². The molecule has 0 aliphatic heterocycles. The first-order valence-corrected chi connectivity index (χ1v) is 26.4. The Kier molecular flexibility index (Phi) is 19.0. The van der Waals surface area contributed by atoms with E-state index in [2.05, 4.69) is 243 Å². The second kappa shape index (κ2) is 25.0. The Morgan fingerprint density at radius 2 is 0.305 bits per heavy atom. The van der Waals surface area contributed by atoms with Crippen LogP contribution in [0.2, 0.25) is 0 Å². The van der Waals surface area contributed by atoms with Crippen molar-refractivity contribution in [2.24, 2.45) is 0 Å². The van der Waals surface area contributed by atoms with Crippen molar-refractivity contribution in [2.75, 3.05) is 24.6 Å². The van der Waals surface area contributed by atoms with E-state index in [1.807, 2.05) is 0 Å². The molecule has 0 saturated carbocycles. The van der Waals surface area contributed by atoms with Gasteiger partial charge in [-0.1, -0.05) is 243 Å². The van der Waals surface area contributed by atoms with Gasteiger partial charge >= 0.3 is 20.4 Å². The van der Waals surface area contributed by atoms with Crippen LogP contribution < -0.4 is 42.4 Å². The van der Waals surface area contributed by atoms with E-state index in [1.54, 1.807) is 0 Å². The zero-order valence-corrected chi connectivity index (χ0v) is 38.6. The summed E-state index contributed by atoms with van der Waals surface area (Å²) in [5.74, 6) is 0. The van der Waals surface area contributed by atoms with Crippen LogP contribution in [0.4, 0.5) is 0 Å². The summed E-state index contributed by atoms with van der Waals surface area (Å²) in [6.07, 6.45) is 7.43. The maximum Gasteiger partial charge on any atom is 2.00 e. The van der Waals surface area contributed by atoms with Crippen molar-refractivity contribution in [1.29, 1.82) is 0 Å². The van der Waals surface area contributed by atoms with Crippen molar-refractivity contribution < 1.29 is 20.4 Å². The Morgan fingerprint density at radius 3 is 0.424 bits per heavy atom. The van der Waals surface area contributed by atoms with E-state index < -0.39 is 0 Å². The summed E-state index contributed by atoms with van der Waals surface area (Å²) >= 11 is 0. The molecule has 8 aromatic carbocycles. The molecule has 0 N–H and O–H groups in total. The van der Waals surface area contributed by atoms with Gasteiger partial charge in [0.1, 0.15) is 0 Å². The number of rotatable bonds is 16. The molecule has 0 aliphatic rings. The van der Waals surface area contributed by atoms with Crippen LogP contribution in [-0.4, -0.2) is 24.6 Å². The quantitative estimate of drug-likeness (QED) is 0.0669. The van der Waals surface area contributed by atoms with Crippen LogP contribution >= 0.6 is 31.7 Å². The number of hydrogen-bond donors (Lipinski definition) is 0. The van der Waals surface area contributed by atoms with E-state index in [4.69, 9.17) is 0 Å². The number of benzene rings is 8. The maximum atomic E-state index is 2.30. The summed E-state index contributed by atoms with van der Waals surface area (Å²) in [6.45, 7) is 0. The van der Waals surface area contributed by atoms with E-state index >= 15 is 0 Å². The summed E-state index contributed by atoms with van der Waals surface area (Å²) in [4.78, 5) is 0. The van der Waals surface area contributed by atoms with Gasteiger partial charge in [-0.05, 0) is 112 Å². The largest absolute Gasteiger partial charge is 2.00 e. The van der Waals surface area contributed by atoms with Crippen LogP contribution in [-0.2, 0) is 20.4 Å². The van der Waals surface area contributed by atoms with E-state index in [9.17, 15) is 0 Å². The van der Waals surface area contributed by atoms with Gasteiger partial charge in [-0.2, -0.15) is 0 Å². The molecule has 0 radical (unpaired) electrons. The number of hydrogen-bond acceptors (Lipinski definition) is 0. The van der Waals surface area contributed by atoms with Crippen molar-refractivity contribution in [3.63, 3.8) is 0 Å². The molecule has 0 saturated heterocycles. The molecule has 8 aromatic rings. The normalized spacial score (nSPS) is 10.9. The zero-order valence-electron chi connectivity index (χ0n) is 33.4. The molecule has 0 amide bonds. The molecule has 0 aliphatic carbocycles. The van der Waals surface area contributed by atoms with Gasteiger partial charge in [0, 0.05) is 0 Å². The molecule has 0 spiro atoms. The predicted molar refractivity (Wildman–Crippen MR) is 265 cm³/mol. The summed E-state index contributed by atoms with van der Waals surface area (Å²) < 4.78 is 0. The predicted octanol–water partition coefficient (Wildman–Crippen LogP) is 11.3. The second-order valence-corrected chi connectivity index (χ2v) is 23.3. The molecule has 0 atom stereocenters. The minimum atomic E-state index is -0.309. The summed E-state index contributed by atoms with van der Waals surface area (Å²) in [5, 5.41) is 11.9. The molecule has 0 unspecified atom stereocenters. The van der Waals surface area contributed by atoms with Crippen LogP contribution in [0.5, 0.6) is 0 Å². The monoisotopic (exact) mass is 930 g/mol. The Labute approximate surface area is 372 Å². The van der Waals surface area contributed by atoms with Crippen LogP contribution in [0, 0.1) is 0 Å². The fourth-order valence-electron chi connectivity index (χ4n) is 7.27. The first kappa shape index (κ1) is 44.7. The van der Waals surface area contributed by atoms with E-state index in [0.717, 1.165) is 0 Å². The fourth-order valence-corrected chi connectivity index (χ4v) is 17.2. The molecule has 0 heterocycles. The van der Waals surface area contributed by atoms with Gasteiger partial charge in [0.15, 0.2) is 0 Å². The van der Waals surface area contributed by atoms with Crippen molar-refractivity contribution in [3.8, 4) is 0 Å². The summed E-state index contributed by atoms with van der Waals surface area (Å²) in [7, 11) is -1.24. The van der Waals surface area contributed by atoms with Gasteiger partial charge in [0.05, 0.1) is 0 Å². The molecule has 5 heteroatoms. The summed E-state index contributed by atoms with van der Waals surface area (Å²) in [6, 6.07) is 88.6. The minimum Gasteiger partial charge on any atom is -0.0622 e. The van der Waals surface area contributed by atoms with Crippen LogP contribution in [0.25, 0.3) is 0 Å². The molecular formula is C54H52P4Pd+2. The third-order valence-electron chi connectivity index (χ3n) is 10.1. The average molecular weight is 931 g/mol. The van der Waals surface area contributed by atoms with Crippen LogP contribution in [0.1, 0.15) is 12.8 Å². The van der Waals surface area contributed by atoms with E-state index in [-0.39, 0.29) is 52.1 Å². The van der Waals surface area contributed by atoms with Gasteiger partial charge in [0.2, 0.25) is 0 Å². The van der Waals surface area contributed by atoms with Crippen molar-refractivity contribution >= 4 is 74.1 Å². The van der Waals surface area contributed by atoms with Gasteiger partial charge in [0.25, 0.3) is 0 Å². The first-order chi connectivity index (χ1) is 28.8. The SMILES string of the molecule is [Pd+2].c1ccc(P(CCCP(c2ccccc2)c2ccccc2)c2ccccc2)cc1.c1ccc(P(CCCP(c2ccccc2)c2ccccc2)c2ccccc2)cc1. The van der Waals surface area contributed by atoms with Gasteiger partial charge < -0.3 is 0 Å². The molecule has 296 valence electrons. The third-order valence-corrected chi connectivity index (χ3v) is 20.5. The van der Waals surface area contributed by atoms with E-state index in [1.165, 1.54) is 79.9 Å². The molecule has 0 aromatic heterocycles. The van der Waals surface area contributed by atoms with Gasteiger partial charge in [-0.15, -0.1) is 0 Å². The van der Waals surface area contributed by atoms with Gasteiger partial charge in [-0.3, -0.25) is 0 Å². The Bertz CT molecular complexity index is 1790. The molecular weight excluding hydrogens is 879 g/mol. The minimum absolute atomic E-state index is 0. The topological polar surface area (TPSA) is 0 Å². The first-order valence-electron chi connectivity index (χ1n) is 20.3. The second-order valence-electron chi connectivity index (χ2n) is 14.0. The fraction of sp³-hybridized carbons (Fsp3) is 0.111. The van der Waals surface area contributed by atoms with E-state index in [0.29, 0.717) is 0 Å². The summed E-state index contributed by atoms with van der Waals surface area (Å²) in [5.41, 5.74) is 0. The Morgan fingerprint density at radius 1 is 0.186 bits per heavy atom. The molecule has 0 fully saturated rings. The van der Waals surface area contributed by atoms with Crippen molar-refractivity contribution in [2.45, 2.75) is 12.8 Å². The smallest absolute Gasteiger partial charge is 0.0622 e. The molecule has 0 bridgehead atoms. The Balaban J connectivity index is 0.000000195. The molecule has 8 rings (SSSR count). The average Bonchev–Trinajstić information content (AvgIpc) is 3.32. The van der Waals surface area contributed by atoms with Crippen molar-refractivity contribution in [3.05, 3.63) is 243 Å². The van der Waals surface area contributed by atoms with Gasteiger partial charge in [-0.25, -0.2) is 0 Å². The van der Waals surface area contributed by atoms with Crippen LogP contribution in [0.3, 0.4) is 0 Å². The Hall–Kier alpha value is -3.86. The third kappa shape index (κ3) is 13.6. The van der Waals surface area contributed by atoms with Crippen LogP contribution in [0.15, 0.2) is 243 Å². The molecule has 59 heavy (non-hydrogen) atoms. The molecule has 0 nitrogen and oxygen atoms in total.